The van der Waals surface area contributed by atoms with E-state index < -0.39 is 12.9 Å². The van der Waals surface area contributed by atoms with Crippen LogP contribution in [0.5, 0.6) is 0 Å². The molecule has 0 spiro atoms. The van der Waals surface area contributed by atoms with E-state index in [2.05, 4.69) is 4.98 Å². The maximum absolute atomic E-state index is 12.8. The van der Waals surface area contributed by atoms with Crippen molar-refractivity contribution in [2.45, 2.75) is 0 Å². The van der Waals surface area contributed by atoms with E-state index in [0.717, 1.165) is 11.9 Å². The van der Waals surface area contributed by atoms with Gasteiger partial charge in [-0.15, -0.1) is 0 Å². The van der Waals surface area contributed by atoms with Crippen LogP contribution >= 0.6 is 0 Å². The Bertz CT molecular complexity index is 556. The lowest BCUT2D eigenvalue weighted by atomic mass is 9.85. The highest BCUT2D eigenvalue weighted by Crippen LogP contribution is 2.12. The quantitative estimate of drug-likeness (QED) is 0.692. The number of para-hydroxylation sites is 1. The van der Waals surface area contributed by atoms with Crippen LogP contribution in [0, 0.1) is 5.82 Å². The van der Waals surface area contributed by atoms with Crippen molar-refractivity contribution in [3.05, 3.63) is 54.5 Å². The molecule has 5 nitrogen and oxygen atoms in total. The van der Waals surface area contributed by atoms with Gasteiger partial charge in [0.15, 0.2) is 0 Å². The molecule has 0 aliphatic carbocycles. The van der Waals surface area contributed by atoms with E-state index in [4.69, 9.17) is 9.76 Å². The first-order valence-corrected chi connectivity index (χ1v) is 7.02. The molecule has 0 fully saturated rings. The van der Waals surface area contributed by atoms with Crippen LogP contribution in [0.4, 0.5) is 10.1 Å². The van der Waals surface area contributed by atoms with Crippen molar-refractivity contribution in [2.24, 2.45) is 0 Å². The summed E-state index contributed by atoms with van der Waals surface area (Å²) >= 11 is 0. The van der Waals surface area contributed by atoms with Gasteiger partial charge in [0.2, 0.25) is 0 Å². The molecule has 0 bridgehead atoms. The van der Waals surface area contributed by atoms with Gasteiger partial charge in [0.05, 0.1) is 18.4 Å². The van der Waals surface area contributed by atoms with Crippen molar-refractivity contribution >= 4 is 18.4 Å². The molecule has 0 unspecified atom stereocenters. The SMILES string of the molecule is OCCN(CCOB(O)c1ccc(F)cn1)c1ccccc1. The zero-order valence-electron chi connectivity index (χ0n) is 12.1. The number of pyridine rings is 1. The van der Waals surface area contributed by atoms with Gasteiger partial charge in [-0.2, -0.15) is 0 Å². The summed E-state index contributed by atoms with van der Waals surface area (Å²) in [4.78, 5) is 5.72. The van der Waals surface area contributed by atoms with Crippen LogP contribution in [0.3, 0.4) is 0 Å². The Hall–Kier alpha value is -1.96. The second-order valence-corrected chi connectivity index (χ2v) is 4.67. The number of anilines is 1. The number of rotatable bonds is 8. The van der Waals surface area contributed by atoms with Crippen molar-refractivity contribution in [3.63, 3.8) is 0 Å². The highest BCUT2D eigenvalue weighted by Gasteiger charge is 2.18. The fourth-order valence-electron chi connectivity index (χ4n) is 2.02. The normalized spacial score (nSPS) is 10.5. The average molecular weight is 304 g/mol. The van der Waals surface area contributed by atoms with Gasteiger partial charge in [-0.3, -0.25) is 4.98 Å². The number of aliphatic hydroxyl groups excluding tert-OH is 1. The molecule has 1 heterocycles. The summed E-state index contributed by atoms with van der Waals surface area (Å²) < 4.78 is 18.1. The monoisotopic (exact) mass is 304 g/mol. The number of aliphatic hydroxyl groups is 1. The zero-order valence-corrected chi connectivity index (χ0v) is 12.1. The van der Waals surface area contributed by atoms with Crippen molar-refractivity contribution in [3.8, 4) is 0 Å². The molecule has 2 rings (SSSR count). The smallest absolute Gasteiger partial charge is 0.422 e. The third kappa shape index (κ3) is 4.80. The first-order valence-electron chi connectivity index (χ1n) is 7.02. The number of halogens is 1. The molecular weight excluding hydrogens is 286 g/mol. The van der Waals surface area contributed by atoms with E-state index >= 15 is 0 Å². The lowest BCUT2D eigenvalue weighted by Crippen LogP contribution is -2.39. The van der Waals surface area contributed by atoms with Crippen LogP contribution in [0.2, 0.25) is 0 Å². The summed E-state index contributed by atoms with van der Waals surface area (Å²) in [5, 5.41) is 19.0. The summed E-state index contributed by atoms with van der Waals surface area (Å²) in [7, 11) is -1.20. The van der Waals surface area contributed by atoms with Crippen LogP contribution in [0.25, 0.3) is 0 Å². The first-order chi connectivity index (χ1) is 10.7. The molecule has 7 heteroatoms. The van der Waals surface area contributed by atoms with Gasteiger partial charge in [0, 0.05) is 25.4 Å². The minimum atomic E-state index is -1.20. The molecule has 1 aromatic carbocycles. The van der Waals surface area contributed by atoms with Crippen molar-refractivity contribution < 1.29 is 19.2 Å². The summed E-state index contributed by atoms with van der Waals surface area (Å²) in [5.41, 5.74) is 1.23. The minimum Gasteiger partial charge on any atom is -0.422 e. The van der Waals surface area contributed by atoms with E-state index in [0.29, 0.717) is 13.1 Å². The molecule has 22 heavy (non-hydrogen) atoms. The van der Waals surface area contributed by atoms with Gasteiger partial charge in [-0.05, 0) is 24.3 Å². The summed E-state index contributed by atoms with van der Waals surface area (Å²) in [6, 6.07) is 12.2. The largest absolute Gasteiger partial charge is 0.510 e. The van der Waals surface area contributed by atoms with E-state index in [-0.39, 0.29) is 18.8 Å². The first kappa shape index (κ1) is 16.4. The highest BCUT2D eigenvalue weighted by molar-refractivity contribution is 6.58. The Kier molecular flexibility index (Phi) is 6.33. The highest BCUT2D eigenvalue weighted by atomic mass is 19.1. The lowest BCUT2D eigenvalue weighted by molar-refractivity contribution is 0.266. The maximum Gasteiger partial charge on any atom is 0.510 e. The third-order valence-electron chi connectivity index (χ3n) is 3.13. The van der Waals surface area contributed by atoms with Gasteiger partial charge in [0.1, 0.15) is 5.82 Å². The molecule has 2 aromatic rings. The number of nitrogens with zero attached hydrogens (tertiary/aromatic N) is 2. The number of benzene rings is 1. The van der Waals surface area contributed by atoms with Gasteiger partial charge < -0.3 is 19.7 Å². The minimum absolute atomic E-state index is 0.0248. The molecule has 0 radical (unpaired) electrons. The van der Waals surface area contributed by atoms with Crippen LogP contribution in [0.15, 0.2) is 48.7 Å². The van der Waals surface area contributed by atoms with E-state index in [1.807, 2.05) is 35.2 Å². The molecule has 0 aliphatic rings. The molecule has 0 atom stereocenters. The summed E-state index contributed by atoms with van der Waals surface area (Å²) in [5.74, 6) is -0.464. The van der Waals surface area contributed by atoms with Crippen molar-refractivity contribution in [1.82, 2.24) is 4.98 Å². The third-order valence-corrected chi connectivity index (χ3v) is 3.13. The van der Waals surface area contributed by atoms with Crippen molar-refractivity contribution in [2.75, 3.05) is 31.2 Å². The van der Waals surface area contributed by atoms with Gasteiger partial charge in [-0.1, -0.05) is 18.2 Å². The number of hydrogen-bond acceptors (Lipinski definition) is 5. The molecule has 2 N–H and O–H groups in total. The van der Waals surface area contributed by atoms with E-state index in [9.17, 15) is 9.41 Å². The van der Waals surface area contributed by atoms with Gasteiger partial charge >= 0.3 is 7.12 Å². The average Bonchev–Trinajstić information content (AvgIpc) is 2.55. The molecule has 0 aliphatic heterocycles. The Balaban J connectivity index is 1.86. The van der Waals surface area contributed by atoms with E-state index in [1.54, 1.807) is 0 Å². The number of hydrogen-bond donors (Lipinski definition) is 2. The molecule has 0 saturated carbocycles. The second-order valence-electron chi connectivity index (χ2n) is 4.67. The van der Waals surface area contributed by atoms with Crippen LogP contribution < -0.4 is 10.5 Å². The predicted molar refractivity (Wildman–Crippen MR) is 83.5 cm³/mol. The second kappa shape index (κ2) is 8.48. The molecule has 116 valence electrons. The topological polar surface area (TPSA) is 65.8 Å². The van der Waals surface area contributed by atoms with E-state index in [1.165, 1.54) is 12.1 Å². The van der Waals surface area contributed by atoms with Crippen LogP contribution in [-0.2, 0) is 4.65 Å². The Labute approximate surface area is 129 Å². The fraction of sp³-hybridized carbons (Fsp3) is 0.267. The zero-order chi connectivity index (χ0) is 15.8. The molecule has 0 saturated heterocycles. The molecular formula is C15H18BFN2O3. The Morgan fingerprint density at radius 3 is 2.55 bits per heavy atom. The van der Waals surface area contributed by atoms with Gasteiger partial charge in [-0.25, -0.2) is 4.39 Å². The fourth-order valence-corrected chi connectivity index (χ4v) is 2.02. The summed E-state index contributed by atoms with van der Waals surface area (Å²) in [6.07, 6.45) is 1.03. The van der Waals surface area contributed by atoms with Crippen molar-refractivity contribution in [1.29, 1.82) is 0 Å². The van der Waals surface area contributed by atoms with Gasteiger partial charge in [0.25, 0.3) is 0 Å². The summed E-state index contributed by atoms with van der Waals surface area (Å²) in [6.45, 7) is 1.24. The maximum atomic E-state index is 12.8. The Morgan fingerprint density at radius 2 is 1.91 bits per heavy atom. The molecule has 0 amide bonds. The lowest BCUT2D eigenvalue weighted by Gasteiger charge is -2.24. The molecule has 1 aromatic heterocycles. The van der Waals surface area contributed by atoms with Crippen LogP contribution in [0.1, 0.15) is 0 Å². The standard InChI is InChI=1S/C15H18BFN2O3/c17-13-6-7-15(18-12-13)16(21)22-11-9-19(8-10-20)14-4-2-1-3-5-14/h1-7,12,20-21H,8-11H2. The predicted octanol–water partition coefficient (Wildman–Crippen LogP) is 0.424. The number of aromatic nitrogens is 1. The van der Waals surface area contributed by atoms with Crippen LogP contribution in [-0.4, -0.2) is 48.5 Å². The Morgan fingerprint density at radius 1 is 1.14 bits per heavy atom.